The second-order valence-electron chi connectivity index (χ2n) is 5.20. The van der Waals surface area contributed by atoms with Crippen LogP contribution in [-0.2, 0) is 0 Å². The predicted octanol–water partition coefficient (Wildman–Crippen LogP) is 4.37. The number of carbonyl (C=O) groups excluding carboxylic acids is 1. The predicted molar refractivity (Wildman–Crippen MR) is 70.9 cm³/mol. The summed E-state index contributed by atoms with van der Waals surface area (Å²) < 4.78 is 1.29. The smallest absolute Gasteiger partial charge is 0.176 e. The summed E-state index contributed by atoms with van der Waals surface area (Å²) in [5.74, 6) is 1.28. The Bertz CT molecular complexity index is 610. The molecule has 0 saturated heterocycles. The van der Waals surface area contributed by atoms with Crippen molar-refractivity contribution in [2.45, 2.75) is 31.6 Å². The SMILES string of the molecule is O=C1c2sc3ccccc3c2C2CCCCC12. The Labute approximate surface area is 104 Å². The largest absolute Gasteiger partial charge is 0.293 e. The molecular weight excluding hydrogens is 228 g/mol. The first-order valence-corrected chi connectivity index (χ1v) is 7.23. The first-order valence-electron chi connectivity index (χ1n) is 6.42. The van der Waals surface area contributed by atoms with Gasteiger partial charge in [-0.25, -0.2) is 0 Å². The van der Waals surface area contributed by atoms with Crippen LogP contribution in [-0.4, -0.2) is 5.78 Å². The molecule has 0 spiro atoms. The lowest BCUT2D eigenvalue weighted by Crippen LogP contribution is -2.17. The summed E-state index contributed by atoms with van der Waals surface area (Å²) in [5, 5.41) is 1.34. The summed E-state index contributed by atoms with van der Waals surface area (Å²) in [7, 11) is 0. The zero-order chi connectivity index (χ0) is 11.4. The minimum Gasteiger partial charge on any atom is -0.293 e. The van der Waals surface area contributed by atoms with Gasteiger partial charge < -0.3 is 0 Å². The zero-order valence-corrected chi connectivity index (χ0v) is 10.4. The van der Waals surface area contributed by atoms with Crippen LogP contribution < -0.4 is 0 Å². The van der Waals surface area contributed by atoms with E-state index in [9.17, 15) is 4.79 Å². The molecular formula is C15H14OS. The van der Waals surface area contributed by atoms with Crippen molar-refractivity contribution in [2.75, 3.05) is 0 Å². The van der Waals surface area contributed by atoms with Crippen LogP contribution in [0.4, 0.5) is 0 Å². The monoisotopic (exact) mass is 242 g/mol. The van der Waals surface area contributed by atoms with Gasteiger partial charge in [0.2, 0.25) is 0 Å². The Hall–Kier alpha value is -1.15. The number of carbonyl (C=O) groups is 1. The van der Waals surface area contributed by atoms with Crippen molar-refractivity contribution in [3.8, 4) is 0 Å². The van der Waals surface area contributed by atoms with E-state index in [1.807, 2.05) is 0 Å². The fraction of sp³-hybridized carbons (Fsp3) is 0.400. The fourth-order valence-electron chi connectivity index (χ4n) is 3.58. The number of Topliss-reactive ketones (excluding diaryl/α,β-unsaturated/α-hetero) is 1. The number of hydrogen-bond donors (Lipinski definition) is 0. The Morgan fingerprint density at radius 1 is 1.06 bits per heavy atom. The summed E-state index contributed by atoms with van der Waals surface area (Å²) in [4.78, 5) is 13.5. The van der Waals surface area contributed by atoms with Gasteiger partial charge in [0.25, 0.3) is 0 Å². The van der Waals surface area contributed by atoms with Crippen molar-refractivity contribution >= 4 is 27.2 Å². The van der Waals surface area contributed by atoms with E-state index in [0.717, 1.165) is 11.3 Å². The number of thiophene rings is 1. The number of hydrogen-bond acceptors (Lipinski definition) is 2. The lowest BCUT2D eigenvalue weighted by Gasteiger charge is -2.24. The molecule has 0 N–H and O–H groups in total. The summed E-state index contributed by atoms with van der Waals surface area (Å²) >= 11 is 1.71. The normalized spacial score (nSPS) is 27.2. The molecule has 0 radical (unpaired) electrons. The van der Waals surface area contributed by atoms with E-state index in [-0.39, 0.29) is 0 Å². The average molecular weight is 242 g/mol. The molecule has 1 aromatic heterocycles. The standard InChI is InChI=1S/C15H14OS/c16-14-10-6-2-1-5-9(10)13-11-7-3-4-8-12(11)17-15(13)14/h3-4,7-10H,1-2,5-6H2. The molecule has 4 rings (SSSR count). The van der Waals surface area contributed by atoms with Crippen molar-refractivity contribution < 1.29 is 4.79 Å². The van der Waals surface area contributed by atoms with Crippen LogP contribution in [0.1, 0.15) is 46.8 Å². The molecule has 2 aliphatic carbocycles. The number of rotatable bonds is 0. The van der Waals surface area contributed by atoms with Crippen molar-refractivity contribution in [1.82, 2.24) is 0 Å². The molecule has 2 unspecified atom stereocenters. The highest BCUT2D eigenvalue weighted by atomic mass is 32.1. The molecule has 2 aromatic rings. The Balaban J connectivity index is 1.99. The fourth-order valence-corrected chi connectivity index (χ4v) is 4.85. The molecule has 0 amide bonds. The van der Waals surface area contributed by atoms with E-state index in [2.05, 4.69) is 24.3 Å². The van der Waals surface area contributed by atoms with Crippen molar-refractivity contribution in [3.63, 3.8) is 0 Å². The number of benzene rings is 1. The lowest BCUT2D eigenvalue weighted by atomic mass is 9.79. The zero-order valence-electron chi connectivity index (χ0n) is 9.61. The van der Waals surface area contributed by atoms with E-state index in [1.54, 1.807) is 11.3 Å². The van der Waals surface area contributed by atoms with Crippen LogP contribution >= 0.6 is 11.3 Å². The minimum atomic E-state index is 0.314. The highest BCUT2D eigenvalue weighted by Crippen LogP contribution is 2.51. The summed E-state index contributed by atoms with van der Waals surface area (Å²) in [6.07, 6.45) is 4.85. The molecule has 2 heteroatoms. The first kappa shape index (κ1) is 9.84. The second-order valence-corrected chi connectivity index (χ2v) is 6.25. The quantitative estimate of drug-likeness (QED) is 0.670. The third-order valence-corrected chi connectivity index (χ3v) is 5.53. The van der Waals surface area contributed by atoms with Crippen LogP contribution in [0, 0.1) is 5.92 Å². The summed E-state index contributed by atoms with van der Waals surface area (Å²) in [6, 6.07) is 8.49. The van der Waals surface area contributed by atoms with Crippen molar-refractivity contribution in [3.05, 3.63) is 34.7 Å². The molecule has 1 heterocycles. The maximum Gasteiger partial charge on any atom is 0.176 e. The van der Waals surface area contributed by atoms with Gasteiger partial charge in [-0.15, -0.1) is 11.3 Å². The van der Waals surface area contributed by atoms with E-state index in [0.29, 0.717) is 17.6 Å². The van der Waals surface area contributed by atoms with Gasteiger partial charge in [-0.2, -0.15) is 0 Å². The molecule has 86 valence electrons. The first-order chi connectivity index (χ1) is 8.36. The summed E-state index contributed by atoms with van der Waals surface area (Å²) in [6.45, 7) is 0. The molecule has 1 aromatic carbocycles. The van der Waals surface area contributed by atoms with Crippen LogP contribution in [0.2, 0.25) is 0 Å². The highest BCUT2D eigenvalue weighted by molar-refractivity contribution is 7.21. The average Bonchev–Trinajstić information content (AvgIpc) is 2.88. The van der Waals surface area contributed by atoms with E-state index in [1.165, 1.54) is 34.9 Å². The molecule has 1 fully saturated rings. The Kier molecular flexibility index (Phi) is 1.98. The molecule has 1 saturated carbocycles. The van der Waals surface area contributed by atoms with E-state index < -0.39 is 0 Å². The second kappa shape index (κ2) is 3.42. The van der Waals surface area contributed by atoms with Gasteiger partial charge in [-0.3, -0.25) is 4.79 Å². The molecule has 2 aliphatic rings. The Morgan fingerprint density at radius 3 is 2.71 bits per heavy atom. The molecule has 1 nitrogen and oxygen atoms in total. The van der Waals surface area contributed by atoms with Crippen LogP contribution in [0.5, 0.6) is 0 Å². The Morgan fingerprint density at radius 2 is 1.82 bits per heavy atom. The molecule has 0 aliphatic heterocycles. The van der Waals surface area contributed by atoms with Gasteiger partial charge in [0, 0.05) is 10.6 Å². The lowest BCUT2D eigenvalue weighted by molar-refractivity contribution is 0.0901. The number of fused-ring (bicyclic) bond motifs is 5. The van der Waals surface area contributed by atoms with Gasteiger partial charge in [0.05, 0.1) is 4.88 Å². The van der Waals surface area contributed by atoms with Crippen LogP contribution in [0.15, 0.2) is 24.3 Å². The summed E-state index contributed by atoms with van der Waals surface area (Å²) in [5.41, 5.74) is 1.39. The van der Waals surface area contributed by atoms with Crippen LogP contribution in [0.25, 0.3) is 10.1 Å². The maximum atomic E-state index is 12.4. The van der Waals surface area contributed by atoms with E-state index >= 15 is 0 Å². The van der Waals surface area contributed by atoms with Gasteiger partial charge in [0.15, 0.2) is 5.78 Å². The van der Waals surface area contributed by atoms with Crippen molar-refractivity contribution in [1.29, 1.82) is 0 Å². The van der Waals surface area contributed by atoms with E-state index in [4.69, 9.17) is 0 Å². The molecule has 2 atom stereocenters. The number of ketones is 1. The highest BCUT2D eigenvalue weighted by Gasteiger charge is 2.43. The maximum absolute atomic E-state index is 12.4. The van der Waals surface area contributed by atoms with Crippen LogP contribution in [0.3, 0.4) is 0 Å². The van der Waals surface area contributed by atoms with Gasteiger partial charge in [-0.1, -0.05) is 31.0 Å². The molecule has 17 heavy (non-hydrogen) atoms. The molecule has 0 bridgehead atoms. The van der Waals surface area contributed by atoms with Gasteiger partial charge in [-0.05, 0) is 35.8 Å². The topological polar surface area (TPSA) is 17.1 Å². The minimum absolute atomic E-state index is 0.314. The van der Waals surface area contributed by atoms with Crippen molar-refractivity contribution in [2.24, 2.45) is 5.92 Å². The third kappa shape index (κ3) is 1.22. The van der Waals surface area contributed by atoms with Gasteiger partial charge in [0.1, 0.15) is 0 Å². The van der Waals surface area contributed by atoms with Gasteiger partial charge >= 0.3 is 0 Å². The third-order valence-electron chi connectivity index (χ3n) is 4.33.